The van der Waals surface area contributed by atoms with E-state index in [-0.39, 0.29) is 24.2 Å². The average Bonchev–Trinajstić information content (AvgIpc) is 3.06. The first-order chi connectivity index (χ1) is 17.0. The summed E-state index contributed by atoms with van der Waals surface area (Å²) in [6, 6.07) is 8.63. The molecule has 0 radical (unpaired) electrons. The van der Waals surface area contributed by atoms with Gasteiger partial charge in [0.2, 0.25) is 0 Å². The van der Waals surface area contributed by atoms with E-state index in [4.69, 9.17) is 9.47 Å². The normalized spacial score (nSPS) is 18.2. The number of hydrogen-bond donors (Lipinski definition) is 1. The van der Waals surface area contributed by atoms with Gasteiger partial charge in [-0.1, -0.05) is 24.3 Å². The Bertz CT molecular complexity index is 1070. The van der Waals surface area contributed by atoms with Crippen molar-refractivity contribution in [1.29, 1.82) is 0 Å². The number of phenolic OH excluding ortho intramolecular Hbond substituents is 1. The number of rotatable bonds is 9. The Morgan fingerprint density at radius 2 is 1.97 bits per heavy atom. The lowest BCUT2D eigenvalue weighted by molar-refractivity contribution is -0.136. The van der Waals surface area contributed by atoms with E-state index in [2.05, 4.69) is 16.0 Å². The Balaban J connectivity index is 1.42. The van der Waals surface area contributed by atoms with Crippen molar-refractivity contribution in [2.24, 2.45) is 0 Å². The van der Waals surface area contributed by atoms with Crippen molar-refractivity contribution in [3.63, 3.8) is 0 Å². The number of urea groups is 1. The number of ether oxygens (including phenoxy) is 2. The molecule has 0 bridgehead atoms. The first-order valence-corrected chi connectivity index (χ1v) is 11.8. The predicted molar refractivity (Wildman–Crippen MR) is 131 cm³/mol. The molecule has 2 fully saturated rings. The molecule has 9 heteroatoms. The van der Waals surface area contributed by atoms with Crippen LogP contribution in [0.2, 0.25) is 0 Å². The molecule has 1 aromatic heterocycles. The van der Waals surface area contributed by atoms with Gasteiger partial charge in [-0.15, -0.1) is 0 Å². The summed E-state index contributed by atoms with van der Waals surface area (Å²) in [5, 5.41) is 9.75. The molecule has 35 heavy (non-hydrogen) atoms. The fraction of sp³-hybridized carbons (Fsp3) is 0.423. The van der Waals surface area contributed by atoms with E-state index in [0.717, 1.165) is 17.7 Å². The minimum Gasteiger partial charge on any atom is -0.504 e. The standard InChI is InChI=1S/C26H32N4O5/c1-34-16-15-30-25(33)29(19-21-5-3-11-27-18-21)24(32)26(30)9-13-28(14-10-26)12-4-6-20-7-8-22(31)23(17-20)35-2/h3-8,11,17-18,31H,9-10,12-16,19H2,1-2H3/b6-4+. The van der Waals surface area contributed by atoms with Gasteiger partial charge in [0.1, 0.15) is 5.54 Å². The van der Waals surface area contributed by atoms with E-state index in [1.54, 1.807) is 42.6 Å². The molecule has 0 unspecified atom stereocenters. The van der Waals surface area contributed by atoms with E-state index in [9.17, 15) is 14.7 Å². The minimum atomic E-state index is -0.831. The molecule has 3 amide bonds. The molecule has 3 heterocycles. The molecule has 2 aliphatic heterocycles. The fourth-order valence-corrected chi connectivity index (χ4v) is 4.81. The van der Waals surface area contributed by atoms with Crippen molar-refractivity contribution < 1.29 is 24.2 Å². The second-order valence-electron chi connectivity index (χ2n) is 8.85. The predicted octanol–water partition coefficient (Wildman–Crippen LogP) is 2.75. The monoisotopic (exact) mass is 480 g/mol. The van der Waals surface area contributed by atoms with Crippen molar-refractivity contribution in [2.75, 3.05) is 47.0 Å². The van der Waals surface area contributed by atoms with E-state index >= 15 is 0 Å². The maximum absolute atomic E-state index is 13.6. The summed E-state index contributed by atoms with van der Waals surface area (Å²) in [6.07, 6.45) is 8.55. The van der Waals surface area contributed by atoms with Gasteiger partial charge in [-0.2, -0.15) is 0 Å². The lowest BCUT2D eigenvalue weighted by atomic mass is 9.85. The highest BCUT2D eigenvalue weighted by atomic mass is 16.5. The quantitative estimate of drug-likeness (QED) is 0.552. The topological polar surface area (TPSA) is 95.4 Å². The largest absolute Gasteiger partial charge is 0.504 e. The number of nitrogens with zero attached hydrogens (tertiary/aromatic N) is 4. The molecule has 2 saturated heterocycles. The van der Waals surface area contributed by atoms with Crippen LogP contribution in [-0.4, -0.2) is 89.3 Å². The van der Waals surface area contributed by atoms with Crippen molar-refractivity contribution in [3.8, 4) is 11.5 Å². The van der Waals surface area contributed by atoms with Gasteiger partial charge in [0, 0.05) is 45.7 Å². The Labute approximate surface area is 205 Å². The molecule has 0 aliphatic carbocycles. The van der Waals surface area contributed by atoms with Crippen LogP contribution in [0.1, 0.15) is 24.0 Å². The lowest BCUT2D eigenvalue weighted by Gasteiger charge is -2.42. The third-order valence-electron chi connectivity index (χ3n) is 6.77. The number of carbonyl (C=O) groups excluding carboxylic acids is 2. The van der Waals surface area contributed by atoms with Crippen LogP contribution in [0.3, 0.4) is 0 Å². The summed E-state index contributed by atoms with van der Waals surface area (Å²) in [5.74, 6) is 0.412. The summed E-state index contributed by atoms with van der Waals surface area (Å²) < 4.78 is 10.4. The third-order valence-corrected chi connectivity index (χ3v) is 6.77. The Kier molecular flexibility index (Phi) is 7.67. The fourth-order valence-electron chi connectivity index (χ4n) is 4.81. The highest BCUT2D eigenvalue weighted by Crippen LogP contribution is 2.38. The van der Waals surface area contributed by atoms with Crippen LogP contribution in [0.15, 0.2) is 48.8 Å². The number of phenols is 1. The number of imide groups is 1. The van der Waals surface area contributed by atoms with E-state index in [1.165, 1.54) is 12.0 Å². The molecule has 1 aromatic carbocycles. The van der Waals surface area contributed by atoms with Crippen molar-refractivity contribution >= 4 is 18.0 Å². The van der Waals surface area contributed by atoms with Crippen LogP contribution in [0.4, 0.5) is 4.79 Å². The number of likely N-dealkylation sites (tertiary alicyclic amines) is 1. The highest BCUT2D eigenvalue weighted by Gasteiger charge is 2.57. The molecule has 0 saturated carbocycles. The zero-order valence-electron chi connectivity index (χ0n) is 20.2. The molecule has 9 nitrogen and oxygen atoms in total. The van der Waals surface area contributed by atoms with E-state index in [0.29, 0.717) is 44.8 Å². The van der Waals surface area contributed by atoms with Gasteiger partial charge in [-0.3, -0.25) is 19.6 Å². The molecule has 1 N–H and O–H groups in total. The summed E-state index contributed by atoms with van der Waals surface area (Å²) in [4.78, 5) is 36.3. The van der Waals surface area contributed by atoms with Gasteiger partial charge in [0.05, 0.1) is 20.3 Å². The smallest absolute Gasteiger partial charge is 0.328 e. The maximum atomic E-state index is 13.6. The van der Waals surface area contributed by atoms with Gasteiger partial charge in [-0.25, -0.2) is 4.79 Å². The third kappa shape index (κ3) is 5.16. The lowest BCUT2D eigenvalue weighted by Crippen LogP contribution is -2.57. The summed E-state index contributed by atoms with van der Waals surface area (Å²) >= 11 is 0. The number of aromatic hydroxyl groups is 1. The van der Waals surface area contributed by atoms with Crippen LogP contribution in [0.5, 0.6) is 11.5 Å². The summed E-state index contributed by atoms with van der Waals surface area (Å²) in [6.45, 7) is 3.11. The molecule has 186 valence electrons. The van der Waals surface area contributed by atoms with Crippen LogP contribution in [-0.2, 0) is 16.1 Å². The minimum absolute atomic E-state index is 0.109. The van der Waals surface area contributed by atoms with Gasteiger partial charge in [0.15, 0.2) is 11.5 Å². The Morgan fingerprint density at radius 1 is 1.17 bits per heavy atom. The summed E-state index contributed by atoms with van der Waals surface area (Å²) in [5.41, 5.74) is 0.926. The zero-order valence-corrected chi connectivity index (χ0v) is 20.2. The molecule has 1 spiro atoms. The van der Waals surface area contributed by atoms with Crippen LogP contribution in [0.25, 0.3) is 6.08 Å². The second-order valence-corrected chi connectivity index (χ2v) is 8.85. The first-order valence-electron chi connectivity index (χ1n) is 11.8. The number of piperidine rings is 1. The van der Waals surface area contributed by atoms with Gasteiger partial charge in [0.25, 0.3) is 5.91 Å². The van der Waals surface area contributed by atoms with Crippen molar-refractivity contribution in [2.45, 2.75) is 24.9 Å². The number of hydrogen-bond acceptors (Lipinski definition) is 7. The van der Waals surface area contributed by atoms with Gasteiger partial charge >= 0.3 is 6.03 Å². The van der Waals surface area contributed by atoms with Crippen LogP contribution in [0, 0.1) is 0 Å². The SMILES string of the molecule is COCCN1C(=O)N(Cc2cccnc2)C(=O)C12CCN(C/C=C/c1ccc(O)c(OC)c1)CC2. The molecular weight excluding hydrogens is 448 g/mol. The molecule has 2 aliphatic rings. The van der Waals surface area contributed by atoms with E-state index in [1.807, 2.05) is 18.2 Å². The first kappa shape index (κ1) is 24.7. The number of carbonyl (C=O) groups is 2. The zero-order chi connectivity index (χ0) is 24.8. The summed E-state index contributed by atoms with van der Waals surface area (Å²) in [7, 11) is 3.12. The molecular formula is C26H32N4O5. The van der Waals surface area contributed by atoms with Gasteiger partial charge < -0.3 is 19.5 Å². The van der Waals surface area contributed by atoms with Crippen LogP contribution < -0.4 is 4.74 Å². The van der Waals surface area contributed by atoms with Crippen molar-refractivity contribution in [1.82, 2.24) is 19.7 Å². The number of aromatic nitrogens is 1. The number of benzene rings is 1. The number of methoxy groups -OCH3 is 2. The average molecular weight is 481 g/mol. The molecule has 2 aromatic rings. The molecule has 4 rings (SSSR count). The highest BCUT2D eigenvalue weighted by molar-refractivity contribution is 6.07. The maximum Gasteiger partial charge on any atom is 0.328 e. The molecule has 0 atom stereocenters. The van der Waals surface area contributed by atoms with E-state index < -0.39 is 5.54 Å². The number of pyridine rings is 1. The Morgan fingerprint density at radius 3 is 2.66 bits per heavy atom. The Hall–Kier alpha value is -3.43. The van der Waals surface area contributed by atoms with Crippen LogP contribution >= 0.6 is 0 Å². The van der Waals surface area contributed by atoms with Gasteiger partial charge in [-0.05, 0) is 42.2 Å². The second kappa shape index (κ2) is 10.9. The van der Waals surface area contributed by atoms with Crippen molar-refractivity contribution in [3.05, 3.63) is 59.9 Å². The number of amides is 3.